The van der Waals surface area contributed by atoms with Crippen molar-refractivity contribution in [1.82, 2.24) is 34.4 Å². The lowest BCUT2D eigenvalue weighted by atomic mass is 9.87. The van der Waals surface area contributed by atoms with Gasteiger partial charge in [-0.05, 0) is 30.2 Å². The van der Waals surface area contributed by atoms with Crippen molar-refractivity contribution in [2.75, 3.05) is 30.4 Å². The molecule has 0 saturated carbocycles. The molecule has 8 heterocycles. The summed E-state index contributed by atoms with van der Waals surface area (Å²) >= 11 is 0. The summed E-state index contributed by atoms with van der Waals surface area (Å²) in [4.78, 5) is 23.2. The number of ether oxygens (including phenoxy) is 1. The van der Waals surface area contributed by atoms with E-state index in [4.69, 9.17) is 14.7 Å². The Morgan fingerprint density at radius 3 is 2.63 bits per heavy atom. The summed E-state index contributed by atoms with van der Waals surface area (Å²) in [5.41, 5.74) is 5.65. The molecule has 11 heteroatoms. The zero-order valence-electron chi connectivity index (χ0n) is 22.6. The number of aromatic nitrogens is 6. The minimum Gasteiger partial charge on any atom is -0.481 e. The standard InChI is InChI=1S/C30H28N10O/c1-41-29-6-5-20(11-36-29)16-39-24-9-25(39)19-38(18-24)28-15-34-27(14-35-28)26-8-23(33-13-22-4-2-3-7-32-22)17-40-30(26)21(10-31)12-37-40/h2-8,11-12,14-15,17,24-25,33H,9,13,16,18-19H2,1H3/t24-,25+. The van der Waals surface area contributed by atoms with Crippen molar-refractivity contribution in [1.29, 1.82) is 5.26 Å². The van der Waals surface area contributed by atoms with Gasteiger partial charge in [-0.2, -0.15) is 10.4 Å². The predicted molar refractivity (Wildman–Crippen MR) is 153 cm³/mol. The molecule has 11 nitrogen and oxygen atoms in total. The third kappa shape index (κ3) is 4.79. The quantitative estimate of drug-likeness (QED) is 0.311. The summed E-state index contributed by atoms with van der Waals surface area (Å²) in [5.74, 6) is 1.50. The van der Waals surface area contributed by atoms with Crippen LogP contribution in [0, 0.1) is 11.3 Å². The van der Waals surface area contributed by atoms with Crippen LogP contribution in [0.3, 0.4) is 0 Å². The van der Waals surface area contributed by atoms with Crippen LogP contribution in [0.25, 0.3) is 16.8 Å². The molecule has 0 spiro atoms. The van der Waals surface area contributed by atoms with Crippen molar-refractivity contribution in [3.8, 4) is 23.2 Å². The highest BCUT2D eigenvalue weighted by atomic mass is 16.5. The number of nitrogens with zero attached hydrogens (tertiary/aromatic N) is 9. The summed E-state index contributed by atoms with van der Waals surface area (Å²) < 4.78 is 6.90. The van der Waals surface area contributed by atoms with Crippen LogP contribution in [0.2, 0.25) is 0 Å². The summed E-state index contributed by atoms with van der Waals surface area (Å²) in [6.07, 6.45) is 12.0. The van der Waals surface area contributed by atoms with Gasteiger partial charge in [0.25, 0.3) is 0 Å². The minimum absolute atomic E-state index is 0.476. The van der Waals surface area contributed by atoms with Gasteiger partial charge in [-0.15, -0.1) is 0 Å². The van der Waals surface area contributed by atoms with Gasteiger partial charge < -0.3 is 15.0 Å². The average molecular weight is 545 g/mol. The van der Waals surface area contributed by atoms with E-state index >= 15 is 0 Å². The zero-order chi connectivity index (χ0) is 27.8. The summed E-state index contributed by atoms with van der Waals surface area (Å²) in [6, 6.07) is 15.0. The molecule has 0 aliphatic carbocycles. The van der Waals surface area contributed by atoms with Crippen molar-refractivity contribution in [3.05, 3.63) is 90.4 Å². The van der Waals surface area contributed by atoms with Crippen molar-refractivity contribution in [3.63, 3.8) is 0 Å². The second-order valence-electron chi connectivity index (χ2n) is 10.4. The molecular formula is C30H28N10O. The Morgan fingerprint density at radius 2 is 1.93 bits per heavy atom. The van der Waals surface area contributed by atoms with Crippen LogP contribution in [0.1, 0.15) is 23.2 Å². The van der Waals surface area contributed by atoms with Gasteiger partial charge in [0.2, 0.25) is 5.88 Å². The normalized spacial score (nSPS) is 18.1. The number of pyridine rings is 3. The van der Waals surface area contributed by atoms with Gasteiger partial charge >= 0.3 is 0 Å². The van der Waals surface area contributed by atoms with Crippen LogP contribution in [-0.4, -0.2) is 66.7 Å². The van der Waals surface area contributed by atoms with Crippen molar-refractivity contribution >= 4 is 17.0 Å². The first-order valence-corrected chi connectivity index (χ1v) is 13.6. The Bertz CT molecular complexity index is 1700. The molecule has 41 heavy (non-hydrogen) atoms. The fourth-order valence-corrected chi connectivity index (χ4v) is 5.78. The van der Waals surface area contributed by atoms with Crippen molar-refractivity contribution in [2.24, 2.45) is 0 Å². The number of piperazine rings is 1. The number of nitriles is 1. The topological polar surface area (TPSA) is 120 Å². The molecular weight excluding hydrogens is 516 g/mol. The Kier molecular flexibility index (Phi) is 6.37. The van der Waals surface area contributed by atoms with E-state index in [-0.39, 0.29) is 0 Å². The first-order chi connectivity index (χ1) is 20.2. The van der Waals surface area contributed by atoms with E-state index in [1.165, 1.54) is 12.0 Å². The predicted octanol–water partition coefficient (Wildman–Crippen LogP) is 3.54. The first-order valence-electron chi connectivity index (χ1n) is 13.6. The van der Waals surface area contributed by atoms with Crippen molar-refractivity contribution < 1.29 is 4.74 Å². The molecule has 8 rings (SSSR count). The molecule has 0 radical (unpaired) electrons. The molecule has 3 saturated heterocycles. The molecule has 5 aromatic rings. The molecule has 3 aliphatic heterocycles. The second-order valence-corrected chi connectivity index (χ2v) is 10.4. The zero-order valence-corrected chi connectivity index (χ0v) is 22.6. The highest BCUT2D eigenvalue weighted by molar-refractivity contribution is 5.84. The number of rotatable bonds is 8. The van der Waals surface area contributed by atoms with Crippen LogP contribution in [-0.2, 0) is 13.1 Å². The molecule has 1 N–H and O–H groups in total. The molecule has 2 atom stereocenters. The molecule has 0 aromatic carbocycles. The SMILES string of the molecule is COc1ccc(CN2[C@@H]3C[C@H]2CN(c2cnc(-c4cc(NCc5ccccn5)cn5ncc(C#N)c45)cn2)C3)cn1. The Hall–Kier alpha value is -5.08. The number of anilines is 2. The fourth-order valence-electron chi connectivity index (χ4n) is 5.78. The molecule has 0 amide bonds. The molecule has 2 bridgehead atoms. The monoisotopic (exact) mass is 544 g/mol. The maximum Gasteiger partial charge on any atom is 0.212 e. The Morgan fingerprint density at radius 1 is 1.02 bits per heavy atom. The highest BCUT2D eigenvalue weighted by Crippen LogP contribution is 2.36. The lowest BCUT2D eigenvalue weighted by molar-refractivity contribution is -0.00879. The van der Waals surface area contributed by atoms with Gasteiger partial charge in [-0.25, -0.2) is 14.5 Å². The van der Waals surface area contributed by atoms with Gasteiger partial charge in [-0.1, -0.05) is 12.1 Å². The fraction of sp³-hybridized carbons (Fsp3) is 0.267. The van der Waals surface area contributed by atoms with Gasteiger partial charge in [0.15, 0.2) is 0 Å². The largest absolute Gasteiger partial charge is 0.481 e. The lowest BCUT2D eigenvalue weighted by Crippen LogP contribution is -2.68. The van der Waals surface area contributed by atoms with E-state index in [2.05, 4.69) is 42.3 Å². The van der Waals surface area contributed by atoms with Crippen molar-refractivity contribution in [2.45, 2.75) is 31.6 Å². The first kappa shape index (κ1) is 24.9. The number of hydrogen-bond donors (Lipinski definition) is 1. The molecule has 3 fully saturated rings. The lowest BCUT2D eigenvalue weighted by Gasteiger charge is -2.56. The van der Waals surface area contributed by atoms with E-state index < -0.39 is 0 Å². The van der Waals surface area contributed by atoms with Crippen LogP contribution in [0.15, 0.2) is 73.6 Å². The van der Waals surface area contributed by atoms with Gasteiger partial charge in [0, 0.05) is 55.7 Å². The van der Waals surface area contributed by atoms with E-state index in [1.807, 2.05) is 48.9 Å². The second kappa shape index (κ2) is 10.5. The molecule has 204 valence electrons. The van der Waals surface area contributed by atoms with Crippen LogP contribution in [0.4, 0.5) is 11.5 Å². The van der Waals surface area contributed by atoms with Crippen LogP contribution in [0.5, 0.6) is 5.88 Å². The average Bonchev–Trinajstić information content (AvgIpc) is 3.46. The van der Waals surface area contributed by atoms with Gasteiger partial charge in [0.05, 0.1) is 66.6 Å². The highest BCUT2D eigenvalue weighted by Gasteiger charge is 2.44. The van der Waals surface area contributed by atoms with E-state index in [9.17, 15) is 5.26 Å². The smallest absolute Gasteiger partial charge is 0.212 e. The van der Waals surface area contributed by atoms with Crippen LogP contribution >= 0.6 is 0 Å². The minimum atomic E-state index is 0.476. The third-order valence-electron chi connectivity index (χ3n) is 7.89. The Labute approximate surface area is 237 Å². The van der Waals surface area contributed by atoms with E-state index in [1.54, 1.807) is 30.2 Å². The summed E-state index contributed by atoms with van der Waals surface area (Å²) in [5, 5.41) is 17.5. The Balaban J connectivity index is 1.08. The number of piperidine rings is 1. The number of fused-ring (bicyclic) bond motifs is 3. The molecule has 5 aromatic heterocycles. The third-order valence-corrected chi connectivity index (χ3v) is 7.89. The number of hydrogen-bond acceptors (Lipinski definition) is 10. The van der Waals surface area contributed by atoms with Gasteiger partial charge in [0.1, 0.15) is 11.9 Å². The van der Waals surface area contributed by atoms with E-state index in [0.717, 1.165) is 42.4 Å². The number of methoxy groups -OCH3 is 1. The van der Waals surface area contributed by atoms with E-state index in [0.29, 0.717) is 41.3 Å². The maximum absolute atomic E-state index is 9.72. The molecule has 0 unspecified atom stereocenters. The van der Waals surface area contributed by atoms with Gasteiger partial charge in [-0.3, -0.25) is 14.9 Å². The summed E-state index contributed by atoms with van der Waals surface area (Å²) in [6.45, 7) is 3.27. The maximum atomic E-state index is 9.72. The van der Waals surface area contributed by atoms with Crippen LogP contribution < -0.4 is 15.0 Å². The molecule has 3 aliphatic rings. The summed E-state index contributed by atoms with van der Waals surface area (Å²) in [7, 11) is 1.63. The number of nitrogens with one attached hydrogen (secondary N) is 1.